The van der Waals surface area contributed by atoms with Gasteiger partial charge in [0.1, 0.15) is 18.2 Å². The van der Waals surface area contributed by atoms with Crippen molar-refractivity contribution in [1.29, 1.82) is 5.26 Å². The molecule has 3 aromatic carbocycles. The Balaban J connectivity index is 1.74. The zero-order chi connectivity index (χ0) is 24.0. The first-order valence-electron chi connectivity index (χ1n) is 9.39. The van der Waals surface area contributed by atoms with E-state index in [0.717, 1.165) is 5.56 Å². The van der Waals surface area contributed by atoms with E-state index in [9.17, 15) is 14.9 Å². The number of carbonyl (C=O) groups excluding carboxylic acids is 1. The van der Waals surface area contributed by atoms with E-state index >= 15 is 0 Å². The van der Waals surface area contributed by atoms with Crippen LogP contribution < -0.4 is 10.1 Å². The summed E-state index contributed by atoms with van der Waals surface area (Å²) < 4.78 is 6.30. The number of carboxylic acids is 1. The molecule has 0 spiro atoms. The quantitative estimate of drug-likeness (QED) is 0.258. The smallest absolute Gasteiger partial charge is 0.335 e. The summed E-state index contributed by atoms with van der Waals surface area (Å²) in [6, 6.07) is 17.9. The van der Waals surface area contributed by atoms with Crippen LogP contribution in [0.2, 0.25) is 10.0 Å². The lowest BCUT2D eigenvalue weighted by Crippen LogP contribution is -2.13. The molecule has 33 heavy (non-hydrogen) atoms. The third-order valence-corrected chi connectivity index (χ3v) is 5.50. The maximum atomic E-state index is 12.5. The number of aromatic carboxylic acids is 1. The number of hydrogen-bond donors (Lipinski definition) is 2. The van der Waals surface area contributed by atoms with E-state index in [-0.39, 0.29) is 22.8 Å². The van der Waals surface area contributed by atoms with Crippen LogP contribution in [0.3, 0.4) is 0 Å². The fourth-order valence-corrected chi connectivity index (χ4v) is 3.86. The Bertz CT molecular complexity index is 1240. The number of amides is 1. The van der Waals surface area contributed by atoms with Gasteiger partial charge >= 0.3 is 5.97 Å². The summed E-state index contributed by atoms with van der Waals surface area (Å²) in [6.07, 6.45) is 1.41. The highest BCUT2D eigenvalue weighted by molar-refractivity contribution is 9.10. The highest BCUT2D eigenvalue weighted by atomic mass is 79.9. The van der Waals surface area contributed by atoms with Gasteiger partial charge in [-0.25, -0.2) is 4.79 Å². The highest BCUT2D eigenvalue weighted by Crippen LogP contribution is 2.35. The summed E-state index contributed by atoms with van der Waals surface area (Å²) in [4.78, 5) is 23.4. The van der Waals surface area contributed by atoms with Gasteiger partial charge in [-0.05, 0) is 81.7 Å². The van der Waals surface area contributed by atoms with E-state index in [2.05, 4.69) is 21.2 Å². The first-order chi connectivity index (χ1) is 15.8. The summed E-state index contributed by atoms with van der Waals surface area (Å²) in [7, 11) is 0. The number of carbonyl (C=O) groups is 2. The van der Waals surface area contributed by atoms with E-state index < -0.39 is 11.9 Å². The highest BCUT2D eigenvalue weighted by Gasteiger charge is 2.13. The van der Waals surface area contributed by atoms with Gasteiger partial charge < -0.3 is 15.2 Å². The first-order valence-corrected chi connectivity index (χ1v) is 10.9. The maximum Gasteiger partial charge on any atom is 0.335 e. The second-order valence-corrected chi connectivity index (χ2v) is 8.43. The number of carboxylic acid groups (broad SMARTS) is 1. The Hall–Kier alpha value is -3.31. The summed E-state index contributed by atoms with van der Waals surface area (Å²) in [6.45, 7) is 0.167. The number of benzene rings is 3. The molecule has 0 bridgehead atoms. The molecule has 9 heteroatoms. The molecule has 0 saturated carbocycles. The predicted octanol–water partition coefficient (Wildman–Crippen LogP) is 6.58. The molecular formula is C24H15BrCl2N2O4. The molecule has 0 saturated heterocycles. The van der Waals surface area contributed by atoms with E-state index in [1.165, 1.54) is 18.2 Å². The molecule has 6 nitrogen and oxygen atoms in total. The second-order valence-electron chi connectivity index (χ2n) is 6.74. The van der Waals surface area contributed by atoms with Crippen molar-refractivity contribution in [2.24, 2.45) is 0 Å². The predicted molar refractivity (Wildman–Crippen MR) is 131 cm³/mol. The van der Waals surface area contributed by atoms with Gasteiger partial charge in [-0.2, -0.15) is 5.26 Å². The maximum absolute atomic E-state index is 12.5. The van der Waals surface area contributed by atoms with Crippen LogP contribution in [-0.2, 0) is 11.4 Å². The SMILES string of the molecule is N#C/C(=C/c1cc(Cl)c(OCc2ccc(C(=O)O)cc2)c(Br)c1)C(=O)Nc1ccc(Cl)cc1. The number of nitrogens with zero attached hydrogens (tertiary/aromatic N) is 1. The molecule has 0 unspecified atom stereocenters. The number of rotatable bonds is 7. The summed E-state index contributed by atoms with van der Waals surface area (Å²) in [5.41, 5.74) is 1.86. The molecular weight excluding hydrogens is 531 g/mol. The molecule has 0 aliphatic carbocycles. The molecule has 2 N–H and O–H groups in total. The Morgan fingerprint density at radius 2 is 1.76 bits per heavy atom. The molecule has 0 aromatic heterocycles. The zero-order valence-electron chi connectivity index (χ0n) is 16.8. The van der Waals surface area contributed by atoms with Gasteiger partial charge in [-0.3, -0.25) is 4.79 Å². The number of halogens is 3. The van der Waals surface area contributed by atoms with Crippen molar-refractivity contribution in [3.8, 4) is 11.8 Å². The van der Waals surface area contributed by atoms with Gasteiger partial charge in [0.15, 0.2) is 5.75 Å². The number of hydrogen-bond acceptors (Lipinski definition) is 4. The van der Waals surface area contributed by atoms with Crippen molar-refractivity contribution >= 4 is 62.8 Å². The van der Waals surface area contributed by atoms with Crippen LogP contribution in [0.4, 0.5) is 5.69 Å². The van der Waals surface area contributed by atoms with Gasteiger partial charge in [-0.15, -0.1) is 0 Å². The minimum Gasteiger partial charge on any atom is -0.486 e. The molecule has 0 radical (unpaired) electrons. The fourth-order valence-electron chi connectivity index (χ4n) is 2.75. The lowest BCUT2D eigenvalue weighted by atomic mass is 10.1. The van der Waals surface area contributed by atoms with Gasteiger partial charge in [0, 0.05) is 10.7 Å². The lowest BCUT2D eigenvalue weighted by Gasteiger charge is -2.12. The van der Waals surface area contributed by atoms with E-state index in [0.29, 0.717) is 26.5 Å². The molecule has 166 valence electrons. The second kappa shape index (κ2) is 11.0. The monoisotopic (exact) mass is 544 g/mol. The van der Waals surface area contributed by atoms with Crippen LogP contribution in [0, 0.1) is 11.3 Å². The Labute approximate surface area is 208 Å². The van der Waals surface area contributed by atoms with Crippen LogP contribution >= 0.6 is 39.1 Å². The van der Waals surface area contributed by atoms with Crippen LogP contribution in [-0.4, -0.2) is 17.0 Å². The Morgan fingerprint density at radius 1 is 1.09 bits per heavy atom. The van der Waals surface area contributed by atoms with E-state index in [4.69, 9.17) is 33.0 Å². The molecule has 0 aliphatic rings. The van der Waals surface area contributed by atoms with E-state index in [1.54, 1.807) is 48.5 Å². The molecule has 0 atom stereocenters. The standard InChI is InChI=1S/C24H15BrCl2N2O4/c25-20-10-15(9-17(12-28)23(30)29-19-7-5-18(26)6-8-19)11-21(27)22(20)33-13-14-1-3-16(4-2-14)24(31)32/h1-11H,13H2,(H,29,30)(H,31,32)/b17-9-. The van der Waals surface area contributed by atoms with Crippen LogP contribution in [0.15, 0.2) is 70.7 Å². The Kier molecular flexibility index (Phi) is 8.12. The largest absolute Gasteiger partial charge is 0.486 e. The normalized spacial score (nSPS) is 10.9. The van der Waals surface area contributed by atoms with Crippen LogP contribution in [0.25, 0.3) is 6.08 Å². The van der Waals surface area contributed by atoms with Gasteiger partial charge in [0.05, 0.1) is 15.1 Å². The summed E-state index contributed by atoms with van der Waals surface area (Å²) in [5.74, 6) is -1.20. The number of ether oxygens (including phenoxy) is 1. The molecule has 1 amide bonds. The fraction of sp³-hybridized carbons (Fsp3) is 0.0417. The first kappa shape index (κ1) is 24.3. The summed E-state index contributed by atoms with van der Waals surface area (Å²) in [5, 5.41) is 21.8. The zero-order valence-corrected chi connectivity index (χ0v) is 19.9. The minimum atomic E-state index is -1.00. The average molecular weight is 546 g/mol. The molecule has 0 aliphatic heterocycles. The topological polar surface area (TPSA) is 99.4 Å². The van der Waals surface area contributed by atoms with Gasteiger partial charge in [0.2, 0.25) is 0 Å². The number of anilines is 1. The van der Waals surface area contributed by atoms with Crippen molar-refractivity contribution < 1.29 is 19.4 Å². The van der Waals surface area contributed by atoms with Crippen molar-refractivity contribution in [1.82, 2.24) is 0 Å². The molecule has 3 aromatic rings. The van der Waals surface area contributed by atoms with Crippen molar-refractivity contribution in [3.63, 3.8) is 0 Å². The molecule has 0 heterocycles. The summed E-state index contributed by atoms with van der Waals surface area (Å²) >= 11 is 15.6. The Morgan fingerprint density at radius 3 is 2.33 bits per heavy atom. The molecule has 0 fully saturated rings. The van der Waals surface area contributed by atoms with Crippen LogP contribution in [0.5, 0.6) is 5.75 Å². The van der Waals surface area contributed by atoms with Gasteiger partial charge in [-0.1, -0.05) is 35.3 Å². The van der Waals surface area contributed by atoms with Crippen molar-refractivity contribution in [2.45, 2.75) is 6.61 Å². The molecule has 3 rings (SSSR count). The van der Waals surface area contributed by atoms with Crippen molar-refractivity contribution in [2.75, 3.05) is 5.32 Å². The third-order valence-electron chi connectivity index (χ3n) is 4.38. The van der Waals surface area contributed by atoms with Crippen molar-refractivity contribution in [3.05, 3.63) is 97.4 Å². The lowest BCUT2D eigenvalue weighted by molar-refractivity contribution is -0.112. The third kappa shape index (κ3) is 6.59. The van der Waals surface area contributed by atoms with Gasteiger partial charge in [0.25, 0.3) is 5.91 Å². The van der Waals surface area contributed by atoms with Crippen LogP contribution in [0.1, 0.15) is 21.5 Å². The number of nitriles is 1. The minimum absolute atomic E-state index is 0.111. The average Bonchev–Trinajstić information content (AvgIpc) is 2.78. The van der Waals surface area contributed by atoms with E-state index in [1.807, 2.05) is 6.07 Å². The number of nitrogens with one attached hydrogen (secondary N) is 1.